The zero-order valence-corrected chi connectivity index (χ0v) is 9.42. The third-order valence-electron chi connectivity index (χ3n) is 3.80. The van der Waals surface area contributed by atoms with E-state index in [-0.39, 0.29) is 0 Å². The van der Waals surface area contributed by atoms with E-state index >= 15 is 0 Å². The molecule has 0 spiro atoms. The summed E-state index contributed by atoms with van der Waals surface area (Å²) in [7, 11) is 0. The number of rotatable bonds is 0. The van der Waals surface area contributed by atoms with E-state index in [1.165, 1.54) is 32.1 Å². The van der Waals surface area contributed by atoms with Crippen LogP contribution in [-0.4, -0.2) is 6.04 Å². The Kier molecular flexibility index (Phi) is 4.24. The van der Waals surface area contributed by atoms with E-state index in [9.17, 15) is 0 Å². The third kappa shape index (κ3) is 2.25. The van der Waals surface area contributed by atoms with Crippen molar-refractivity contribution in [3.05, 3.63) is 0 Å². The van der Waals surface area contributed by atoms with Gasteiger partial charge in [-0.05, 0) is 37.0 Å². The molecule has 2 aliphatic carbocycles. The fourth-order valence-corrected chi connectivity index (χ4v) is 3.21. The molecule has 0 aromatic heterocycles. The molecule has 4 atom stereocenters. The first-order valence-electron chi connectivity index (χ1n) is 6.04. The van der Waals surface area contributed by atoms with Gasteiger partial charge in [-0.1, -0.05) is 33.6 Å². The molecule has 0 amide bonds. The molecule has 2 saturated carbocycles. The van der Waals surface area contributed by atoms with Gasteiger partial charge < -0.3 is 5.73 Å². The van der Waals surface area contributed by atoms with Gasteiger partial charge in [-0.25, -0.2) is 0 Å². The van der Waals surface area contributed by atoms with Gasteiger partial charge >= 0.3 is 0 Å². The third-order valence-corrected chi connectivity index (χ3v) is 3.80. The Labute approximate surface area is 83.1 Å². The highest BCUT2D eigenvalue weighted by molar-refractivity contribution is 4.93. The number of nitrogens with two attached hydrogens (primary N) is 1. The van der Waals surface area contributed by atoms with Crippen LogP contribution in [0.3, 0.4) is 0 Å². The van der Waals surface area contributed by atoms with Crippen LogP contribution in [0.2, 0.25) is 0 Å². The topological polar surface area (TPSA) is 26.0 Å². The van der Waals surface area contributed by atoms with Crippen LogP contribution in [0.1, 0.15) is 52.9 Å². The minimum Gasteiger partial charge on any atom is -0.327 e. The van der Waals surface area contributed by atoms with Crippen molar-refractivity contribution >= 4 is 0 Å². The van der Waals surface area contributed by atoms with Crippen LogP contribution < -0.4 is 5.73 Å². The monoisotopic (exact) mass is 183 g/mol. The molecule has 0 bridgehead atoms. The second kappa shape index (κ2) is 4.99. The number of hydrogen-bond acceptors (Lipinski definition) is 1. The zero-order valence-electron chi connectivity index (χ0n) is 9.42. The largest absolute Gasteiger partial charge is 0.327 e. The smallest absolute Gasteiger partial charge is 0.00725 e. The van der Waals surface area contributed by atoms with Crippen LogP contribution in [0.5, 0.6) is 0 Å². The molecule has 1 heteroatoms. The molecule has 0 heterocycles. The molecule has 0 aromatic rings. The Morgan fingerprint density at radius 3 is 2.08 bits per heavy atom. The quantitative estimate of drug-likeness (QED) is 0.613. The summed E-state index contributed by atoms with van der Waals surface area (Å²) in [6, 6.07) is 0.537. The van der Waals surface area contributed by atoms with Crippen molar-refractivity contribution < 1.29 is 0 Å². The molecule has 4 unspecified atom stereocenters. The van der Waals surface area contributed by atoms with Crippen molar-refractivity contribution in [2.45, 2.75) is 58.9 Å². The maximum Gasteiger partial charge on any atom is 0.00725 e. The Bertz CT molecular complexity index is 128. The SMILES string of the molecule is CC.CC1CC(N)C2CCCCC12. The molecule has 0 aliphatic heterocycles. The molecule has 13 heavy (non-hydrogen) atoms. The average Bonchev–Trinajstić information content (AvgIpc) is 2.47. The summed E-state index contributed by atoms with van der Waals surface area (Å²) in [6.45, 7) is 6.38. The van der Waals surface area contributed by atoms with Crippen LogP contribution in [0.25, 0.3) is 0 Å². The van der Waals surface area contributed by atoms with Crippen LogP contribution in [-0.2, 0) is 0 Å². The lowest BCUT2D eigenvalue weighted by atomic mass is 9.78. The molecule has 78 valence electrons. The van der Waals surface area contributed by atoms with Gasteiger partial charge in [-0.2, -0.15) is 0 Å². The van der Waals surface area contributed by atoms with Crippen molar-refractivity contribution in [2.24, 2.45) is 23.5 Å². The normalized spacial score (nSPS) is 43.4. The average molecular weight is 183 g/mol. The molecule has 0 saturated heterocycles. The van der Waals surface area contributed by atoms with Crippen molar-refractivity contribution in [1.82, 2.24) is 0 Å². The minimum absolute atomic E-state index is 0.537. The number of fused-ring (bicyclic) bond motifs is 1. The minimum atomic E-state index is 0.537. The molecule has 2 aliphatic rings. The summed E-state index contributed by atoms with van der Waals surface area (Å²) in [6.07, 6.45) is 7.05. The zero-order chi connectivity index (χ0) is 9.84. The summed E-state index contributed by atoms with van der Waals surface area (Å²) < 4.78 is 0. The summed E-state index contributed by atoms with van der Waals surface area (Å²) in [4.78, 5) is 0. The summed E-state index contributed by atoms with van der Waals surface area (Å²) >= 11 is 0. The van der Waals surface area contributed by atoms with Gasteiger partial charge in [0.1, 0.15) is 0 Å². The maximum absolute atomic E-state index is 6.08. The highest BCUT2D eigenvalue weighted by Crippen LogP contribution is 2.44. The predicted octanol–water partition coefficient (Wildman–Crippen LogP) is 3.19. The van der Waals surface area contributed by atoms with E-state index in [0.717, 1.165) is 17.8 Å². The molecule has 2 rings (SSSR count). The van der Waals surface area contributed by atoms with Gasteiger partial charge in [0.25, 0.3) is 0 Å². The summed E-state index contributed by atoms with van der Waals surface area (Å²) in [5, 5.41) is 0. The van der Waals surface area contributed by atoms with Crippen LogP contribution in [0, 0.1) is 17.8 Å². The van der Waals surface area contributed by atoms with E-state index < -0.39 is 0 Å². The number of hydrogen-bond donors (Lipinski definition) is 1. The fourth-order valence-electron chi connectivity index (χ4n) is 3.21. The summed E-state index contributed by atoms with van der Waals surface area (Å²) in [5.41, 5.74) is 6.08. The first-order valence-corrected chi connectivity index (χ1v) is 6.04. The van der Waals surface area contributed by atoms with Crippen LogP contribution in [0.4, 0.5) is 0 Å². The van der Waals surface area contributed by atoms with E-state index in [2.05, 4.69) is 6.92 Å². The van der Waals surface area contributed by atoms with E-state index in [1.54, 1.807) is 0 Å². The van der Waals surface area contributed by atoms with Gasteiger partial charge in [-0.3, -0.25) is 0 Å². The van der Waals surface area contributed by atoms with Gasteiger partial charge in [-0.15, -0.1) is 0 Å². The molecule has 0 radical (unpaired) electrons. The molecular weight excluding hydrogens is 158 g/mol. The lowest BCUT2D eigenvalue weighted by Gasteiger charge is -2.29. The summed E-state index contributed by atoms with van der Waals surface area (Å²) in [5.74, 6) is 2.78. The van der Waals surface area contributed by atoms with Gasteiger partial charge in [0.15, 0.2) is 0 Å². The maximum atomic E-state index is 6.08. The van der Waals surface area contributed by atoms with E-state index in [1.807, 2.05) is 13.8 Å². The molecule has 2 N–H and O–H groups in total. The second-order valence-electron chi connectivity index (χ2n) is 4.49. The highest BCUT2D eigenvalue weighted by Gasteiger charge is 2.39. The first-order chi connectivity index (χ1) is 6.29. The van der Waals surface area contributed by atoms with E-state index in [4.69, 9.17) is 5.73 Å². The van der Waals surface area contributed by atoms with Crippen LogP contribution in [0.15, 0.2) is 0 Å². The molecule has 2 fully saturated rings. The van der Waals surface area contributed by atoms with Gasteiger partial charge in [0.05, 0.1) is 0 Å². The fraction of sp³-hybridized carbons (Fsp3) is 1.00. The Morgan fingerprint density at radius 2 is 1.54 bits per heavy atom. The van der Waals surface area contributed by atoms with Gasteiger partial charge in [0.2, 0.25) is 0 Å². The Hall–Kier alpha value is -0.0400. The standard InChI is InChI=1S/C10H19N.C2H6/c1-7-6-10(11)9-5-3-2-4-8(7)9;1-2/h7-10H,2-6,11H2,1H3;1-2H3. The van der Waals surface area contributed by atoms with Crippen molar-refractivity contribution in [2.75, 3.05) is 0 Å². The lowest BCUT2D eigenvalue weighted by molar-refractivity contribution is 0.228. The van der Waals surface area contributed by atoms with E-state index in [0.29, 0.717) is 6.04 Å². The second-order valence-corrected chi connectivity index (χ2v) is 4.49. The molecule has 1 nitrogen and oxygen atoms in total. The Morgan fingerprint density at radius 1 is 1.00 bits per heavy atom. The molecule has 0 aromatic carbocycles. The predicted molar refractivity (Wildman–Crippen MR) is 58.6 cm³/mol. The highest BCUT2D eigenvalue weighted by atomic mass is 14.7. The van der Waals surface area contributed by atoms with Crippen LogP contribution >= 0.6 is 0 Å². The van der Waals surface area contributed by atoms with Gasteiger partial charge in [0, 0.05) is 6.04 Å². The van der Waals surface area contributed by atoms with Crippen molar-refractivity contribution in [3.8, 4) is 0 Å². The Balaban J connectivity index is 0.000000396. The van der Waals surface area contributed by atoms with Crippen molar-refractivity contribution in [1.29, 1.82) is 0 Å². The molecular formula is C12H25N. The van der Waals surface area contributed by atoms with Crippen molar-refractivity contribution in [3.63, 3.8) is 0 Å². The first kappa shape index (κ1) is 11.0. The lowest BCUT2D eigenvalue weighted by Crippen LogP contribution is -2.29.